The number of carbonyl (C=O) groups excluding carboxylic acids is 2. The van der Waals surface area contributed by atoms with Crippen LogP contribution in [-0.2, 0) is 11.2 Å². The van der Waals surface area contributed by atoms with Crippen LogP contribution in [0.15, 0.2) is 48.5 Å². The van der Waals surface area contributed by atoms with E-state index in [4.69, 9.17) is 5.73 Å². The highest BCUT2D eigenvalue weighted by molar-refractivity contribution is 5.78. The SMILES string of the molecule is NC(=O)Cc1cccc(-c2ccc(C=O)cc2)c1. The monoisotopic (exact) mass is 239 g/mol. The summed E-state index contributed by atoms with van der Waals surface area (Å²) < 4.78 is 0. The number of rotatable bonds is 4. The van der Waals surface area contributed by atoms with Gasteiger partial charge < -0.3 is 5.73 Å². The van der Waals surface area contributed by atoms with Crippen molar-refractivity contribution in [1.29, 1.82) is 0 Å². The molecule has 3 nitrogen and oxygen atoms in total. The second-order valence-electron chi connectivity index (χ2n) is 4.08. The van der Waals surface area contributed by atoms with Crippen LogP contribution in [0.25, 0.3) is 11.1 Å². The third-order valence-corrected chi connectivity index (χ3v) is 2.69. The van der Waals surface area contributed by atoms with E-state index >= 15 is 0 Å². The number of benzene rings is 2. The molecule has 18 heavy (non-hydrogen) atoms. The van der Waals surface area contributed by atoms with Crippen molar-refractivity contribution >= 4 is 12.2 Å². The molecule has 0 aliphatic heterocycles. The standard InChI is InChI=1S/C15H13NO2/c16-15(18)9-12-2-1-3-14(8-12)13-6-4-11(10-17)5-7-13/h1-8,10H,9H2,(H2,16,18). The van der Waals surface area contributed by atoms with E-state index in [0.717, 1.165) is 23.0 Å². The van der Waals surface area contributed by atoms with Gasteiger partial charge in [0.2, 0.25) is 5.91 Å². The number of hydrogen-bond acceptors (Lipinski definition) is 2. The summed E-state index contributed by atoms with van der Waals surface area (Å²) in [4.78, 5) is 21.5. The summed E-state index contributed by atoms with van der Waals surface area (Å²) in [5, 5.41) is 0. The predicted octanol–water partition coefficient (Wildman–Crippen LogP) is 2.19. The zero-order valence-corrected chi connectivity index (χ0v) is 9.80. The molecule has 0 aliphatic rings. The second kappa shape index (κ2) is 5.27. The number of primary amides is 1. The van der Waals surface area contributed by atoms with Crippen molar-refractivity contribution in [3.8, 4) is 11.1 Å². The van der Waals surface area contributed by atoms with Crippen LogP contribution in [0, 0.1) is 0 Å². The molecule has 0 saturated carbocycles. The normalized spacial score (nSPS) is 10.0. The van der Waals surface area contributed by atoms with Gasteiger partial charge in [0.25, 0.3) is 0 Å². The average Bonchev–Trinajstić information content (AvgIpc) is 2.38. The zero-order chi connectivity index (χ0) is 13.0. The highest BCUT2D eigenvalue weighted by atomic mass is 16.1. The van der Waals surface area contributed by atoms with E-state index in [1.54, 1.807) is 12.1 Å². The Hall–Kier alpha value is -2.42. The van der Waals surface area contributed by atoms with Gasteiger partial charge in [-0.1, -0.05) is 48.5 Å². The zero-order valence-electron chi connectivity index (χ0n) is 9.80. The first-order valence-electron chi connectivity index (χ1n) is 5.62. The summed E-state index contributed by atoms with van der Waals surface area (Å²) in [6, 6.07) is 14.9. The van der Waals surface area contributed by atoms with Gasteiger partial charge >= 0.3 is 0 Å². The van der Waals surface area contributed by atoms with Crippen LogP contribution in [0.1, 0.15) is 15.9 Å². The van der Waals surface area contributed by atoms with Crippen LogP contribution in [-0.4, -0.2) is 12.2 Å². The van der Waals surface area contributed by atoms with E-state index in [1.807, 2.05) is 36.4 Å². The molecule has 0 aromatic heterocycles. The molecule has 3 heteroatoms. The van der Waals surface area contributed by atoms with E-state index < -0.39 is 0 Å². The van der Waals surface area contributed by atoms with Crippen molar-refractivity contribution in [2.45, 2.75) is 6.42 Å². The van der Waals surface area contributed by atoms with Gasteiger partial charge in [0.1, 0.15) is 6.29 Å². The Bertz CT molecular complexity index is 573. The molecule has 0 bridgehead atoms. The van der Waals surface area contributed by atoms with Crippen molar-refractivity contribution in [3.05, 3.63) is 59.7 Å². The van der Waals surface area contributed by atoms with Gasteiger partial charge in [0.15, 0.2) is 0 Å². The van der Waals surface area contributed by atoms with Crippen LogP contribution < -0.4 is 5.73 Å². The predicted molar refractivity (Wildman–Crippen MR) is 70.2 cm³/mol. The summed E-state index contributed by atoms with van der Waals surface area (Å²) in [5.74, 6) is -0.344. The number of aldehydes is 1. The molecule has 0 spiro atoms. The Labute approximate surface area is 105 Å². The summed E-state index contributed by atoms with van der Waals surface area (Å²) >= 11 is 0. The maximum atomic E-state index is 10.9. The molecule has 2 N–H and O–H groups in total. The fourth-order valence-corrected chi connectivity index (χ4v) is 1.82. The van der Waals surface area contributed by atoms with Gasteiger partial charge in [-0.2, -0.15) is 0 Å². The lowest BCUT2D eigenvalue weighted by Gasteiger charge is -2.04. The number of amides is 1. The van der Waals surface area contributed by atoms with Crippen molar-refractivity contribution in [1.82, 2.24) is 0 Å². The Balaban J connectivity index is 2.31. The molecular weight excluding hydrogens is 226 g/mol. The van der Waals surface area contributed by atoms with Gasteiger partial charge in [-0.05, 0) is 16.7 Å². The van der Waals surface area contributed by atoms with Crippen molar-refractivity contribution in [3.63, 3.8) is 0 Å². The molecule has 0 atom stereocenters. The first-order chi connectivity index (χ1) is 8.69. The van der Waals surface area contributed by atoms with Crippen molar-refractivity contribution in [2.24, 2.45) is 5.73 Å². The molecule has 1 amide bonds. The lowest BCUT2D eigenvalue weighted by atomic mass is 10.0. The molecule has 2 aromatic rings. The minimum absolute atomic E-state index is 0.236. The third-order valence-electron chi connectivity index (χ3n) is 2.69. The minimum Gasteiger partial charge on any atom is -0.369 e. The van der Waals surface area contributed by atoms with Crippen LogP contribution >= 0.6 is 0 Å². The second-order valence-corrected chi connectivity index (χ2v) is 4.08. The summed E-state index contributed by atoms with van der Waals surface area (Å²) in [5.41, 5.74) is 8.72. The van der Waals surface area contributed by atoms with Crippen LogP contribution in [0.2, 0.25) is 0 Å². The third kappa shape index (κ3) is 2.83. The fourth-order valence-electron chi connectivity index (χ4n) is 1.82. The Morgan fingerprint density at radius 1 is 1.06 bits per heavy atom. The van der Waals surface area contributed by atoms with Gasteiger partial charge in [-0.15, -0.1) is 0 Å². The first kappa shape index (κ1) is 12.0. The van der Waals surface area contributed by atoms with Gasteiger partial charge in [0.05, 0.1) is 6.42 Å². The van der Waals surface area contributed by atoms with E-state index in [1.165, 1.54) is 0 Å². The smallest absolute Gasteiger partial charge is 0.221 e. The van der Waals surface area contributed by atoms with Crippen molar-refractivity contribution < 1.29 is 9.59 Å². The maximum absolute atomic E-state index is 10.9. The van der Waals surface area contributed by atoms with Crippen LogP contribution in [0.4, 0.5) is 0 Å². The molecular formula is C15H13NO2. The van der Waals surface area contributed by atoms with E-state index in [-0.39, 0.29) is 12.3 Å². The number of hydrogen-bond donors (Lipinski definition) is 1. The molecule has 2 aromatic carbocycles. The molecule has 0 fully saturated rings. The first-order valence-corrected chi connectivity index (χ1v) is 5.62. The van der Waals surface area contributed by atoms with Gasteiger partial charge in [-0.3, -0.25) is 9.59 Å². The molecule has 0 unspecified atom stereocenters. The van der Waals surface area contributed by atoms with Crippen LogP contribution in [0.3, 0.4) is 0 Å². The number of nitrogens with two attached hydrogens (primary N) is 1. The number of carbonyl (C=O) groups is 2. The van der Waals surface area contributed by atoms with Crippen LogP contribution in [0.5, 0.6) is 0 Å². The maximum Gasteiger partial charge on any atom is 0.221 e. The van der Waals surface area contributed by atoms with E-state index in [9.17, 15) is 9.59 Å². The largest absolute Gasteiger partial charge is 0.369 e. The fraction of sp³-hybridized carbons (Fsp3) is 0.0667. The Kier molecular flexibility index (Phi) is 3.53. The topological polar surface area (TPSA) is 60.2 Å². The highest BCUT2D eigenvalue weighted by Crippen LogP contribution is 2.20. The highest BCUT2D eigenvalue weighted by Gasteiger charge is 2.02. The Morgan fingerprint density at radius 3 is 2.39 bits per heavy atom. The lowest BCUT2D eigenvalue weighted by Crippen LogP contribution is -2.13. The van der Waals surface area contributed by atoms with Gasteiger partial charge in [0, 0.05) is 5.56 Å². The van der Waals surface area contributed by atoms with Gasteiger partial charge in [-0.25, -0.2) is 0 Å². The lowest BCUT2D eigenvalue weighted by molar-refractivity contribution is -0.117. The van der Waals surface area contributed by atoms with Crippen molar-refractivity contribution in [2.75, 3.05) is 0 Å². The molecule has 2 rings (SSSR count). The summed E-state index contributed by atoms with van der Waals surface area (Å²) in [7, 11) is 0. The molecule has 90 valence electrons. The average molecular weight is 239 g/mol. The molecule has 0 aliphatic carbocycles. The molecule has 0 saturated heterocycles. The molecule has 0 heterocycles. The van der Waals surface area contributed by atoms with E-state index in [0.29, 0.717) is 5.56 Å². The minimum atomic E-state index is -0.344. The summed E-state index contributed by atoms with van der Waals surface area (Å²) in [6.45, 7) is 0. The quantitative estimate of drug-likeness (QED) is 0.831. The Morgan fingerprint density at radius 2 is 1.78 bits per heavy atom. The molecule has 0 radical (unpaired) electrons. The summed E-state index contributed by atoms with van der Waals surface area (Å²) in [6.07, 6.45) is 1.05. The van der Waals surface area contributed by atoms with E-state index in [2.05, 4.69) is 0 Å².